The molecule has 0 spiro atoms. The Bertz CT molecular complexity index is 688. The molecule has 19 heavy (non-hydrogen) atoms. The second-order valence-corrected chi connectivity index (χ2v) is 9.26. The minimum Gasteiger partial charge on any atom is -0.229 e. The van der Waals surface area contributed by atoms with Crippen LogP contribution in [0, 0.1) is 5.82 Å². The maximum Gasteiger partial charge on any atom is 0.246 e. The molecule has 1 saturated heterocycles. The van der Waals surface area contributed by atoms with Crippen molar-refractivity contribution in [3.05, 3.63) is 28.5 Å². The maximum absolute atomic E-state index is 13.7. The van der Waals surface area contributed by atoms with E-state index in [0.717, 1.165) is 16.4 Å². The fourth-order valence-electron chi connectivity index (χ4n) is 1.76. The Morgan fingerprint density at radius 3 is 2.32 bits per heavy atom. The van der Waals surface area contributed by atoms with Crippen LogP contribution in [0.4, 0.5) is 4.39 Å². The van der Waals surface area contributed by atoms with Crippen molar-refractivity contribution in [3.63, 3.8) is 0 Å². The minimum atomic E-state index is -3.99. The lowest BCUT2D eigenvalue weighted by Gasteiger charge is -2.26. The Kier molecular flexibility index (Phi) is 4.01. The standard InChI is InChI=1S/C10H11BrFNO4S2/c11-8-1-2-10(9(12)7-8)19(16,17)13-3-5-18(14,15)6-4-13/h1-2,7H,3-6H2. The van der Waals surface area contributed by atoms with E-state index in [-0.39, 0.29) is 24.6 Å². The molecule has 2 rings (SSSR count). The summed E-state index contributed by atoms with van der Waals surface area (Å²) in [4.78, 5) is -0.435. The van der Waals surface area contributed by atoms with E-state index in [0.29, 0.717) is 4.47 Å². The van der Waals surface area contributed by atoms with Gasteiger partial charge in [-0.15, -0.1) is 0 Å². The molecule has 1 aromatic carbocycles. The van der Waals surface area contributed by atoms with Crippen molar-refractivity contribution >= 4 is 35.8 Å². The van der Waals surface area contributed by atoms with Crippen LogP contribution in [0.2, 0.25) is 0 Å². The molecule has 0 aromatic heterocycles. The Labute approximate surface area is 119 Å². The Morgan fingerprint density at radius 1 is 1.21 bits per heavy atom. The van der Waals surface area contributed by atoms with Gasteiger partial charge in [-0.25, -0.2) is 21.2 Å². The predicted molar refractivity (Wildman–Crippen MR) is 71.5 cm³/mol. The molecule has 9 heteroatoms. The van der Waals surface area contributed by atoms with Crippen molar-refractivity contribution in [2.24, 2.45) is 0 Å². The van der Waals surface area contributed by atoms with Gasteiger partial charge in [0.15, 0.2) is 9.84 Å². The third kappa shape index (κ3) is 3.15. The summed E-state index contributed by atoms with van der Waals surface area (Å²) in [5.41, 5.74) is 0. The SMILES string of the molecule is O=S1(=O)CCN(S(=O)(=O)c2ccc(Br)cc2F)CC1. The highest BCUT2D eigenvalue weighted by Crippen LogP contribution is 2.23. The van der Waals surface area contributed by atoms with E-state index < -0.39 is 30.6 Å². The average molecular weight is 372 g/mol. The first kappa shape index (κ1) is 14.9. The summed E-state index contributed by atoms with van der Waals surface area (Å²) in [6, 6.07) is 3.65. The lowest BCUT2D eigenvalue weighted by molar-refractivity contribution is 0.426. The summed E-state index contributed by atoms with van der Waals surface area (Å²) in [7, 11) is -7.17. The van der Waals surface area contributed by atoms with E-state index in [1.807, 2.05) is 0 Å². The van der Waals surface area contributed by atoms with Crippen LogP contribution in [0.1, 0.15) is 0 Å². The summed E-state index contributed by atoms with van der Waals surface area (Å²) in [6.07, 6.45) is 0. The highest BCUT2D eigenvalue weighted by atomic mass is 79.9. The molecule has 1 aliphatic heterocycles. The van der Waals surface area contributed by atoms with Crippen molar-refractivity contribution in [2.45, 2.75) is 4.90 Å². The molecule has 0 bridgehead atoms. The van der Waals surface area contributed by atoms with Gasteiger partial charge in [0.1, 0.15) is 10.7 Å². The minimum absolute atomic E-state index is 0.139. The number of hydrogen-bond donors (Lipinski definition) is 0. The van der Waals surface area contributed by atoms with Gasteiger partial charge in [0, 0.05) is 17.6 Å². The number of halogens is 2. The van der Waals surface area contributed by atoms with Crippen LogP contribution in [0.15, 0.2) is 27.6 Å². The molecular formula is C10H11BrFNO4S2. The van der Waals surface area contributed by atoms with Gasteiger partial charge < -0.3 is 0 Å². The normalized spacial score (nSPS) is 20.3. The van der Waals surface area contributed by atoms with Crippen molar-refractivity contribution in [1.29, 1.82) is 0 Å². The smallest absolute Gasteiger partial charge is 0.229 e. The Morgan fingerprint density at radius 2 is 1.79 bits per heavy atom. The monoisotopic (exact) mass is 371 g/mol. The molecular weight excluding hydrogens is 361 g/mol. The molecule has 0 atom stereocenters. The van der Waals surface area contributed by atoms with Crippen LogP contribution in [-0.2, 0) is 19.9 Å². The fraction of sp³-hybridized carbons (Fsp3) is 0.400. The Balaban J connectivity index is 2.33. The number of hydrogen-bond acceptors (Lipinski definition) is 4. The van der Waals surface area contributed by atoms with E-state index in [1.165, 1.54) is 6.07 Å². The van der Waals surface area contributed by atoms with E-state index in [2.05, 4.69) is 15.9 Å². The topological polar surface area (TPSA) is 71.5 Å². The molecule has 1 aromatic rings. The highest BCUT2D eigenvalue weighted by molar-refractivity contribution is 9.10. The lowest BCUT2D eigenvalue weighted by atomic mass is 10.3. The van der Waals surface area contributed by atoms with Gasteiger partial charge in [0.2, 0.25) is 10.0 Å². The van der Waals surface area contributed by atoms with Crippen molar-refractivity contribution in [1.82, 2.24) is 4.31 Å². The van der Waals surface area contributed by atoms with Gasteiger partial charge in [-0.05, 0) is 18.2 Å². The predicted octanol–water partition coefficient (Wildman–Crippen LogP) is 1.01. The molecule has 0 unspecified atom stereocenters. The average Bonchev–Trinajstić information content (AvgIpc) is 2.27. The van der Waals surface area contributed by atoms with Crippen LogP contribution in [0.3, 0.4) is 0 Å². The largest absolute Gasteiger partial charge is 0.246 e. The molecule has 1 aliphatic rings. The van der Waals surface area contributed by atoms with Crippen LogP contribution in [0.25, 0.3) is 0 Å². The highest BCUT2D eigenvalue weighted by Gasteiger charge is 2.32. The summed E-state index contributed by atoms with van der Waals surface area (Å²) in [5, 5.41) is 0. The van der Waals surface area contributed by atoms with Gasteiger partial charge in [-0.1, -0.05) is 15.9 Å². The van der Waals surface area contributed by atoms with Crippen LogP contribution < -0.4 is 0 Å². The molecule has 106 valence electrons. The molecule has 1 heterocycles. The van der Waals surface area contributed by atoms with Gasteiger partial charge in [0.05, 0.1) is 11.5 Å². The molecule has 0 radical (unpaired) electrons. The fourth-order valence-corrected chi connectivity index (χ4v) is 5.01. The molecule has 5 nitrogen and oxygen atoms in total. The maximum atomic E-state index is 13.7. The van der Waals surface area contributed by atoms with Gasteiger partial charge in [-0.2, -0.15) is 4.31 Å². The second kappa shape index (κ2) is 5.12. The third-order valence-electron chi connectivity index (χ3n) is 2.82. The van der Waals surface area contributed by atoms with Crippen molar-refractivity contribution < 1.29 is 21.2 Å². The molecule has 0 N–H and O–H groups in total. The second-order valence-electron chi connectivity index (χ2n) is 4.13. The number of sulfonamides is 1. The Hall–Kier alpha value is -0.510. The summed E-state index contributed by atoms with van der Waals surface area (Å²) >= 11 is 3.05. The van der Waals surface area contributed by atoms with E-state index >= 15 is 0 Å². The molecule has 1 fully saturated rings. The van der Waals surface area contributed by atoms with Crippen molar-refractivity contribution in [2.75, 3.05) is 24.6 Å². The van der Waals surface area contributed by atoms with E-state index in [4.69, 9.17) is 0 Å². The lowest BCUT2D eigenvalue weighted by Crippen LogP contribution is -2.43. The van der Waals surface area contributed by atoms with Crippen LogP contribution in [-0.4, -0.2) is 45.7 Å². The first-order valence-electron chi connectivity index (χ1n) is 5.38. The molecule has 0 aliphatic carbocycles. The van der Waals surface area contributed by atoms with Crippen LogP contribution >= 0.6 is 15.9 Å². The summed E-state index contributed by atoms with van der Waals surface area (Å²) in [6.45, 7) is -0.277. The van der Waals surface area contributed by atoms with E-state index in [1.54, 1.807) is 0 Å². The van der Waals surface area contributed by atoms with E-state index in [9.17, 15) is 21.2 Å². The summed E-state index contributed by atoms with van der Waals surface area (Å²) in [5.74, 6) is -1.32. The zero-order chi connectivity index (χ0) is 14.3. The molecule has 0 amide bonds. The number of benzene rings is 1. The zero-order valence-corrected chi connectivity index (χ0v) is 12.9. The first-order chi connectivity index (χ1) is 8.72. The number of sulfone groups is 1. The van der Waals surface area contributed by atoms with Crippen LogP contribution in [0.5, 0.6) is 0 Å². The molecule has 0 saturated carbocycles. The van der Waals surface area contributed by atoms with Gasteiger partial charge >= 0.3 is 0 Å². The van der Waals surface area contributed by atoms with Gasteiger partial charge in [0.25, 0.3) is 0 Å². The summed E-state index contributed by atoms with van der Waals surface area (Å²) < 4.78 is 62.1. The third-order valence-corrected chi connectivity index (χ3v) is 6.85. The quantitative estimate of drug-likeness (QED) is 0.777. The van der Waals surface area contributed by atoms with Crippen molar-refractivity contribution in [3.8, 4) is 0 Å². The number of nitrogens with zero attached hydrogens (tertiary/aromatic N) is 1. The van der Waals surface area contributed by atoms with Gasteiger partial charge in [-0.3, -0.25) is 0 Å². The number of rotatable bonds is 2. The zero-order valence-electron chi connectivity index (χ0n) is 9.71. The first-order valence-corrected chi connectivity index (χ1v) is 9.43.